The fourth-order valence-electron chi connectivity index (χ4n) is 3.52. The van der Waals surface area contributed by atoms with E-state index in [4.69, 9.17) is 9.26 Å². The summed E-state index contributed by atoms with van der Waals surface area (Å²) in [5, 5.41) is 3.85. The molecule has 1 aromatic heterocycles. The van der Waals surface area contributed by atoms with Crippen molar-refractivity contribution >= 4 is 17.8 Å². The molecule has 0 unspecified atom stereocenters. The van der Waals surface area contributed by atoms with Crippen molar-refractivity contribution in [1.29, 1.82) is 0 Å². The zero-order valence-electron chi connectivity index (χ0n) is 15.1. The average Bonchev–Trinajstić information content (AvgIpc) is 3.30. The van der Waals surface area contributed by atoms with Gasteiger partial charge in [0.15, 0.2) is 6.61 Å². The molecule has 0 N–H and O–H groups in total. The van der Waals surface area contributed by atoms with Crippen molar-refractivity contribution in [2.45, 2.75) is 25.9 Å². The Hall–Kier alpha value is -3.29. The van der Waals surface area contributed by atoms with E-state index in [1.54, 1.807) is 0 Å². The Bertz CT molecular complexity index is 895. The standard InChI is InChI=1S/C20H19N3O5/c24-17(10-11-23-19(25)14-8-4-5-9-15(14)20(23)26)27-12-16-21-18(22-28-16)13-6-2-1-3-7-13/h1-7,14-15H,8-12H2/t14-,15-/m1/s1. The highest BCUT2D eigenvalue weighted by Crippen LogP contribution is 2.35. The lowest BCUT2D eigenvalue weighted by molar-refractivity contribution is -0.147. The molecule has 0 saturated carbocycles. The number of ether oxygens (including phenoxy) is 1. The molecule has 2 aromatic rings. The number of fused-ring (bicyclic) bond motifs is 1. The first kappa shape index (κ1) is 18.1. The van der Waals surface area contributed by atoms with Gasteiger partial charge in [-0.3, -0.25) is 19.3 Å². The normalized spacial score (nSPS) is 21.1. The van der Waals surface area contributed by atoms with Crippen LogP contribution in [0, 0.1) is 11.8 Å². The summed E-state index contributed by atoms with van der Waals surface area (Å²) in [6, 6.07) is 9.29. The summed E-state index contributed by atoms with van der Waals surface area (Å²) in [5.41, 5.74) is 0.797. The van der Waals surface area contributed by atoms with Crippen molar-refractivity contribution in [3.05, 3.63) is 48.4 Å². The monoisotopic (exact) mass is 381 g/mol. The molecule has 2 amide bonds. The lowest BCUT2D eigenvalue weighted by atomic mass is 9.85. The number of allylic oxidation sites excluding steroid dienone is 2. The second-order valence-corrected chi connectivity index (χ2v) is 6.77. The minimum Gasteiger partial charge on any atom is -0.456 e. The second kappa shape index (κ2) is 7.75. The molecule has 28 heavy (non-hydrogen) atoms. The summed E-state index contributed by atoms with van der Waals surface area (Å²) in [4.78, 5) is 42.1. The van der Waals surface area contributed by atoms with Crippen molar-refractivity contribution < 1.29 is 23.6 Å². The molecule has 2 aliphatic rings. The third kappa shape index (κ3) is 3.58. The van der Waals surface area contributed by atoms with E-state index >= 15 is 0 Å². The minimum atomic E-state index is -0.534. The van der Waals surface area contributed by atoms with Gasteiger partial charge in [-0.25, -0.2) is 0 Å². The maximum atomic E-state index is 12.4. The van der Waals surface area contributed by atoms with Crippen molar-refractivity contribution in [1.82, 2.24) is 15.0 Å². The molecule has 0 bridgehead atoms. The summed E-state index contributed by atoms with van der Waals surface area (Å²) in [7, 11) is 0. The predicted molar refractivity (Wildman–Crippen MR) is 96.2 cm³/mol. The Morgan fingerprint density at radius 3 is 2.46 bits per heavy atom. The van der Waals surface area contributed by atoms with E-state index in [9.17, 15) is 14.4 Å². The highest BCUT2D eigenvalue weighted by Gasteiger charge is 2.46. The van der Waals surface area contributed by atoms with Gasteiger partial charge in [-0.15, -0.1) is 0 Å². The van der Waals surface area contributed by atoms with Gasteiger partial charge >= 0.3 is 5.97 Å². The number of carbonyl (C=O) groups is 3. The van der Waals surface area contributed by atoms with Crippen LogP contribution in [0.4, 0.5) is 0 Å². The van der Waals surface area contributed by atoms with Crippen LogP contribution in [0.3, 0.4) is 0 Å². The number of aromatic nitrogens is 2. The summed E-state index contributed by atoms with van der Waals surface area (Å²) in [6.07, 6.45) is 4.95. The van der Waals surface area contributed by atoms with Gasteiger partial charge in [-0.2, -0.15) is 4.98 Å². The molecule has 0 radical (unpaired) electrons. The molecule has 1 aromatic carbocycles. The van der Waals surface area contributed by atoms with Crippen LogP contribution in [0.1, 0.15) is 25.2 Å². The molecule has 2 atom stereocenters. The smallest absolute Gasteiger partial charge is 0.308 e. The third-order valence-electron chi connectivity index (χ3n) is 5.00. The molecule has 2 heterocycles. The molecule has 8 heteroatoms. The number of likely N-dealkylation sites (tertiary alicyclic amines) is 1. The van der Waals surface area contributed by atoms with Crippen LogP contribution in [-0.2, 0) is 25.7 Å². The van der Waals surface area contributed by atoms with E-state index in [0.717, 1.165) is 5.56 Å². The lowest BCUT2D eigenvalue weighted by Crippen LogP contribution is -2.33. The summed E-state index contributed by atoms with van der Waals surface area (Å²) in [6.45, 7) is -0.127. The third-order valence-corrected chi connectivity index (χ3v) is 5.00. The number of esters is 1. The van der Waals surface area contributed by atoms with E-state index in [1.807, 2.05) is 42.5 Å². The van der Waals surface area contributed by atoms with Crippen LogP contribution in [0.2, 0.25) is 0 Å². The Morgan fingerprint density at radius 2 is 1.79 bits per heavy atom. The number of carbonyl (C=O) groups excluding carboxylic acids is 3. The molecule has 1 saturated heterocycles. The average molecular weight is 381 g/mol. The first-order valence-corrected chi connectivity index (χ1v) is 9.17. The van der Waals surface area contributed by atoms with Gasteiger partial charge < -0.3 is 9.26 Å². The van der Waals surface area contributed by atoms with Crippen LogP contribution in [0.5, 0.6) is 0 Å². The quantitative estimate of drug-likeness (QED) is 0.429. The zero-order valence-corrected chi connectivity index (χ0v) is 15.1. The maximum Gasteiger partial charge on any atom is 0.308 e. The number of rotatable bonds is 6. The molecule has 1 fully saturated rings. The summed E-state index contributed by atoms with van der Waals surface area (Å²) >= 11 is 0. The topological polar surface area (TPSA) is 103 Å². The summed E-state index contributed by atoms with van der Waals surface area (Å²) in [5.74, 6) is -0.915. The van der Waals surface area contributed by atoms with Gasteiger partial charge in [0.1, 0.15) is 0 Å². The molecule has 1 aliphatic carbocycles. The molecule has 8 nitrogen and oxygen atoms in total. The van der Waals surface area contributed by atoms with Crippen molar-refractivity contribution in [3.63, 3.8) is 0 Å². The highest BCUT2D eigenvalue weighted by molar-refractivity contribution is 6.05. The van der Waals surface area contributed by atoms with Crippen LogP contribution in [-0.4, -0.2) is 39.4 Å². The Morgan fingerprint density at radius 1 is 1.11 bits per heavy atom. The maximum absolute atomic E-state index is 12.4. The number of amides is 2. The van der Waals surface area contributed by atoms with Crippen molar-refractivity contribution in [2.75, 3.05) is 6.54 Å². The number of hydrogen-bond donors (Lipinski definition) is 0. The van der Waals surface area contributed by atoms with Crippen LogP contribution >= 0.6 is 0 Å². The molecule has 1 aliphatic heterocycles. The van der Waals surface area contributed by atoms with Gasteiger partial charge in [0.05, 0.1) is 18.3 Å². The fourth-order valence-corrected chi connectivity index (χ4v) is 3.52. The van der Waals surface area contributed by atoms with Gasteiger partial charge in [-0.05, 0) is 12.8 Å². The molecule has 144 valence electrons. The second-order valence-electron chi connectivity index (χ2n) is 6.77. The van der Waals surface area contributed by atoms with E-state index in [0.29, 0.717) is 18.7 Å². The highest BCUT2D eigenvalue weighted by atomic mass is 16.6. The Balaban J connectivity index is 1.27. The number of imide groups is 1. The van der Waals surface area contributed by atoms with E-state index < -0.39 is 5.97 Å². The number of nitrogens with zero attached hydrogens (tertiary/aromatic N) is 3. The fraction of sp³-hybridized carbons (Fsp3) is 0.350. The SMILES string of the molecule is O=C(CCN1C(=O)[C@@H]2CC=CC[C@H]2C1=O)OCc1nc(-c2ccccc2)no1. The van der Waals surface area contributed by atoms with Gasteiger partial charge in [0.25, 0.3) is 5.89 Å². The zero-order chi connectivity index (χ0) is 19.5. The van der Waals surface area contributed by atoms with Crippen molar-refractivity contribution in [2.24, 2.45) is 11.8 Å². The van der Waals surface area contributed by atoms with Gasteiger partial charge in [0, 0.05) is 12.1 Å². The largest absolute Gasteiger partial charge is 0.456 e. The first-order valence-electron chi connectivity index (χ1n) is 9.17. The van der Waals surface area contributed by atoms with Crippen molar-refractivity contribution in [3.8, 4) is 11.4 Å². The van der Waals surface area contributed by atoms with Crippen LogP contribution in [0.15, 0.2) is 47.0 Å². The first-order chi connectivity index (χ1) is 13.6. The lowest BCUT2D eigenvalue weighted by Gasteiger charge is -2.14. The number of benzene rings is 1. The Labute approximate surface area is 161 Å². The van der Waals surface area contributed by atoms with E-state index in [1.165, 1.54) is 4.90 Å². The van der Waals surface area contributed by atoms with Gasteiger partial charge in [0.2, 0.25) is 17.6 Å². The Kier molecular flexibility index (Phi) is 5.01. The van der Waals surface area contributed by atoms with Gasteiger partial charge in [-0.1, -0.05) is 47.6 Å². The van der Waals surface area contributed by atoms with E-state index in [-0.39, 0.29) is 49.1 Å². The van der Waals surface area contributed by atoms with E-state index in [2.05, 4.69) is 10.1 Å². The molecular formula is C20H19N3O5. The predicted octanol–water partition coefficient (Wildman–Crippen LogP) is 2.12. The molecule has 4 rings (SSSR count). The van der Waals surface area contributed by atoms with Crippen LogP contribution in [0.25, 0.3) is 11.4 Å². The molecule has 0 spiro atoms. The molecular weight excluding hydrogens is 362 g/mol. The van der Waals surface area contributed by atoms with Crippen LogP contribution < -0.4 is 0 Å². The minimum absolute atomic E-state index is 0.0304. The summed E-state index contributed by atoms with van der Waals surface area (Å²) < 4.78 is 10.2. The number of hydrogen-bond acceptors (Lipinski definition) is 7.